The molecule has 118 valence electrons. The van der Waals surface area contributed by atoms with Crippen molar-refractivity contribution in [2.75, 3.05) is 6.61 Å². The van der Waals surface area contributed by atoms with Crippen molar-refractivity contribution in [1.29, 1.82) is 0 Å². The minimum absolute atomic E-state index is 0.0140. The van der Waals surface area contributed by atoms with Crippen LogP contribution in [0.15, 0.2) is 30.3 Å². The molecule has 0 unspecified atom stereocenters. The van der Waals surface area contributed by atoms with Crippen LogP contribution >= 0.6 is 0 Å². The first kappa shape index (κ1) is 15.0. The number of aromatic nitrogens is 3. The Morgan fingerprint density at radius 2 is 1.96 bits per heavy atom. The molecule has 0 saturated carbocycles. The largest absolute Gasteiger partial charge is 0.505 e. The maximum Gasteiger partial charge on any atom is 0.248 e. The maximum atomic E-state index is 11.2. The second-order valence-corrected chi connectivity index (χ2v) is 5.31. The number of phenols is 1. The lowest BCUT2D eigenvalue weighted by atomic mass is 10.1. The zero-order chi connectivity index (χ0) is 16.6. The molecule has 0 saturated heterocycles. The average molecular weight is 312 g/mol. The Morgan fingerprint density at radius 1 is 1.22 bits per heavy atom. The molecular weight excluding hydrogens is 296 g/mol. The summed E-state index contributed by atoms with van der Waals surface area (Å²) in [6, 6.07) is 8.33. The number of nitrogens with two attached hydrogens (primary N) is 1. The predicted molar refractivity (Wildman–Crippen MR) is 84.6 cm³/mol. The van der Waals surface area contributed by atoms with Gasteiger partial charge >= 0.3 is 0 Å². The fourth-order valence-corrected chi connectivity index (χ4v) is 2.44. The summed E-state index contributed by atoms with van der Waals surface area (Å²) < 4.78 is 0. The van der Waals surface area contributed by atoms with E-state index in [0.29, 0.717) is 34.3 Å². The third kappa shape index (κ3) is 2.74. The number of hydrogen-bond acceptors (Lipinski definition) is 5. The Morgan fingerprint density at radius 3 is 2.65 bits per heavy atom. The number of amides is 1. The average Bonchev–Trinajstić information content (AvgIpc) is 2.93. The van der Waals surface area contributed by atoms with E-state index in [1.54, 1.807) is 31.2 Å². The molecule has 0 spiro atoms. The van der Waals surface area contributed by atoms with Gasteiger partial charge in [0, 0.05) is 12.2 Å². The van der Waals surface area contributed by atoms with Crippen LogP contribution in [0.5, 0.6) is 5.75 Å². The first-order valence-corrected chi connectivity index (χ1v) is 7.10. The smallest absolute Gasteiger partial charge is 0.248 e. The highest BCUT2D eigenvalue weighted by Crippen LogP contribution is 2.27. The molecule has 4 N–H and O–H groups in total. The molecule has 0 atom stereocenters. The van der Waals surface area contributed by atoms with Crippen molar-refractivity contribution in [2.24, 2.45) is 5.73 Å². The van der Waals surface area contributed by atoms with E-state index in [9.17, 15) is 9.90 Å². The number of hydrogen-bond donors (Lipinski definition) is 3. The van der Waals surface area contributed by atoms with Crippen molar-refractivity contribution in [3.63, 3.8) is 0 Å². The molecule has 0 aliphatic carbocycles. The number of phenolic OH excluding ortho intramolecular Hbond substituents is 1. The lowest BCUT2D eigenvalue weighted by Gasteiger charge is -2.09. The minimum Gasteiger partial charge on any atom is -0.505 e. The Hall–Kier alpha value is -2.93. The van der Waals surface area contributed by atoms with Gasteiger partial charge in [-0.3, -0.25) is 4.79 Å². The van der Waals surface area contributed by atoms with Crippen molar-refractivity contribution >= 4 is 16.9 Å². The van der Waals surface area contributed by atoms with Gasteiger partial charge < -0.3 is 15.9 Å². The number of benzene rings is 2. The number of aliphatic hydroxyl groups is 1. The summed E-state index contributed by atoms with van der Waals surface area (Å²) in [6.45, 7) is 1.79. The van der Waals surface area contributed by atoms with Crippen LogP contribution in [0.4, 0.5) is 0 Å². The van der Waals surface area contributed by atoms with Gasteiger partial charge in [-0.2, -0.15) is 0 Å². The lowest BCUT2D eigenvalue weighted by molar-refractivity contribution is 0.100. The molecule has 1 amide bonds. The van der Waals surface area contributed by atoms with E-state index in [0.717, 1.165) is 5.56 Å². The topological polar surface area (TPSA) is 114 Å². The monoisotopic (exact) mass is 312 g/mol. The third-order valence-electron chi connectivity index (χ3n) is 3.62. The standard InChI is InChI=1S/C16H16N4O3/c1-9-6-10(4-5-21)7-14(15(9)22)20-18-12-3-2-11(16(17)23)8-13(12)19-20/h2-3,6-8,21-22H,4-5H2,1H3,(H2,17,23). The molecular formula is C16H16N4O3. The van der Waals surface area contributed by atoms with Crippen LogP contribution in [0.2, 0.25) is 0 Å². The van der Waals surface area contributed by atoms with Crippen LogP contribution in [0, 0.1) is 6.92 Å². The van der Waals surface area contributed by atoms with Crippen molar-refractivity contribution < 1.29 is 15.0 Å². The zero-order valence-corrected chi connectivity index (χ0v) is 12.5. The molecule has 0 aliphatic rings. The lowest BCUT2D eigenvalue weighted by Crippen LogP contribution is -2.10. The van der Waals surface area contributed by atoms with Crippen LogP contribution in [-0.2, 0) is 6.42 Å². The number of rotatable bonds is 4. The SMILES string of the molecule is Cc1cc(CCO)cc(-n2nc3ccc(C(N)=O)cc3n2)c1O. The van der Waals surface area contributed by atoms with Crippen LogP contribution < -0.4 is 5.73 Å². The molecule has 3 rings (SSSR count). The Kier molecular flexibility index (Phi) is 3.71. The van der Waals surface area contributed by atoms with Gasteiger partial charge in [-0.1, -0.05) is 6.07 Å². The van der Waals surface area contributed by atoms with Gasteiger partial charge in [-0.15, -0.1) is 15.0 Å². The highest BCUT2D eigenvalue weighted by atomic mass is 16.3. The fraction of sp³-hybridized carbons (Fsp3) is 0.188. The summed E-state index contributed by atoms with van der Waals surface area (Å²) in [6.07, 6.45) is 0.473. The van der Waals surface area contributed by atoms with E-state index in [1.165, 1.54) is 4.80 Å². The first-order valence-electron chi connectivity index (χ1n) is 7.10. The van der Waals surface area contributed by atoms with Gasteiger partial charge in [0.05, 0.1) is 0 Å². The second-order valence-electron chi connectivity index (χ2n) is 5.31. The summed E-state index contributed by atoms with van der Waals surface area (Å²) >= 11 is 0. The number of aryl methyl sites for hydroxylation is 1. The number of fused-ring (bicyclic) bond motifs is 1. The van der Waals surface area contributed by atoms with E-state index >= 15 is 0 Å². The van der Waals surface area contributed by atoms with Gasteiger partial charge in [-0.25, -0.2) is 0 Å². The maximum absolute atomic E-state index is 11.2. The number of carbonyl (C=O) groups is 1. The fourth-order valence-electron chi connectivity index (χ4n) is 2.44. The molecule has 0 fully saturated rings. The van der Waals surface area contributed by atoms with Crippen LogP contribution in [0.3, 0.4) is 0 Å². The quantitative estimate of drug-likeness (QED) is 0.666. The molecule has 7 heteroatoms. The number of carbonyl (C=O) groups excluding carboxylic acids is 1. The molecule has 1 heterocycles. The number of primary amides is 1. The molecule has 2 aromatic carbocycles. The van der Waals surface area contributed by atoms with Gasteiger partial charge in [0.25, 0.3) is 0 Å². The molecule has 23 heavy (non-hydrogen) atoms. The highest BCUT2D eigenvalue weighted by molar-refractivity contribution is 5.96. The summed E-state index contributed by atoms with van der Waals surface area (Å²) in [5.41, 5.74) is 8.66. The predicted octanol–water partition coefficient (Wildman–Crippen LogP) is 1.07. The summed E-state index contributed by atoms with van der Waals surface area (Å²) in [5, 5.41) is 28.0. The molecule has 0 aliphatic heterocycles. The first-order chi connectivity index (χ1) is 11.0. The van der Waals surface area contributed by atoms with Crippen LogP contribution in [-0.4, -0.2) is 37.7 Å². The van der Waals surface area contributed by atoms with Crippen LogP contribution in [0.1, 0.15) is 21.5 Å². The van der Waals surface area contributed by atoms with E-state index in [1.807, 2.05) is 6.07 Å². The van der Waals surface area contributed by atoms with E-state index in [-0.39, 0.29) is 12.4 Å². The van der Waals surface area contributed by atoms with E-state index < -0.39 is 5.91 Å². The normalized spacial score (nSPS) is 11.0. The van der Waals surface area contributed by atoms with Gasteiger partial charge in [-0.05, 0) is 48.7 Å². The Bertz CT molecular complexity index is 902. The molecule has 0 bridgehead atoms. The van der Waals surface area contributed by atoms with Crippen LogP contribution in [0.25, 0.3) is 16.7 Å². The van der Waals surface area contributed by atoms with Gasteiger partial charge in [0.1, 0.15) is 22.5 Å². The summed E-state index contributed by atoms with van der Waals surface area (Å²) in [5.74, 6) is -0.466. The molecule has 0 radical (unpaired) electrons. The Labute approximate surface area is 132 Å². The minimum atomic E-state index is -0.537. The highest BCUT2D eigenvalue weighted by Gasteiger charge is 2.13. The van der Waals surface area contributed by atoms with Gasteiger partial charge in [0.2, 0.25) is 5.91 Å². The van der Waals surface area contributed by atoms with E-state index in [4.69, 9.17) is 10.8 Å². The van der Waals surface area contributed by atoms with Crippen molar-refractivity contribution in [3.05, 3.63) is 47.0 Å². The molecule has 7 nitrogen and oxygen atoms in total. The van der Waals surface area contributed by atoms with Crippen molar-refractivity contribution in [3.8, 4) is 11.4 Å². The van der Waals surface area contributed by atoms with Crippen molar-refractivity contribution in [1.82, 2.24) is 15.0 Å². The van der Waals surface area contributed by atoms with Gasteiger partial charge in [0.15, 0.2) is 0 Å². The molecule has 1 aromatic heterocycles. The zero-order valence-electron chi connectivity index (χ0n) is 12.5. The molecule has 3 aromatic rings. The second kappa shape index (κ2) is 5.69. The summed E-state index contributed by atoms with van der Waals surface area (Å²) in [7, 11) is 0. The number of aliphatic hydroxyl groups excluding tert-OH is 1. The summed E-state index contributed by atoms with van der Waals surface area (Å²) in [4.78, 5) is 12.6. The van der Waals surface area contributed by atoms with Crippen molar-refractivity contribution in [2.45, 2.75) is 13.3 Å². The van der Waals surface area contributed by atoms with E-state index in [2.05, 4.69) is 10.2 Å². The number of nitrogens with zero attached hydrogens (tertiary/aromatic N) is 3. The number of aromatic hydroxyl groups is 1. The Balaban J connectivity index is 2.14. The third-order valence-corrected chi connectivity index (χ3v) is 3.62.